The third-order valence-electron chi connectivity index (χ3n) is 3.92. The smallest absolute Gasteiger partial charge is 0.183 e. The summed E-state index contributed by atoms with van der Waals surface area (Å²) in [5.74, 6) is 1.64. The molecule has 1 saturated carbocycles. The summed E-state index contributed by atoms with van der Waals surface area (Å²) in [6, 6.07) is 5.89. The lowest BCUT2D eigenvalue weighted by Crippen LogP contribution is -2.16. The zero-order valence-electron chi connectivity index (χ0n) is 10.4. The quantitative estimate of drug-likeness (QED) is 0.874. The van der Waals surface area contributed by atoms with Crippen LogP contribution in [-0.4, -0.2) is 11.5 Å². The number of hydrogen-bond donors (Lipinski definition) is 1. The van der Waals surface area contributed by atoms with Crippen molar-refractivity contribution in [2.75, 3.05) is 11.9 Å². The largest absolute Gasteiger partial charge is 0.361 e. The van der Waals surface area contributed by atoms with Gasteiger partial charge in [0, 0.05) is 6.54 Å². The van der Waals surface area contributed by atoms with E-state index in [1.54, 1.807) is 11.3 Å². The van der Waals surface area contributed by atoms with Gasteiger partial charge in [-0.25, -0.2) is 4.98 Å². The van der Waals surface area contributed by atoms with Crippen molar-refractivity contribution in [1.29, 1.82) is 0 Å². The van der Waals surface area contributed by atoms with Crippen molar-refractivity contribution in [3.8, 4) is 0 Å². The molecule has 0 saturated heterocycles. The molecule has 2 aromatic rings. The molecule has 1 aromatic heterocycles. The molecule has 2 atom stereocenters. The molecule has 0 spiro atoms. The van der Waals surface area contributed by atoms with Gasteiger partial charge in [0.2, 0.25) is 0 Å². The first-order valence-corrected chi connectivity index (χ1v) is 7.72. The number of aromatic nitrogens is 1. The molecule has 1 aliphatic carbocycles. The molecule has 0 amide bonds. The maximum atomic E-state index is 6.16. The second-order valence-electron chi connectivity index (χ2n) is 5.16. The summed E-state index contributed by atoms with van der Waals surface area (Å²) in [4.78, 5) is 4.58. The molecule has 2 nitrogen and oxygen atoms in total. The molecule has 0 bridgehead atoms. The molecule has 96 valence electrons. The normalized spacial score (nSPS) is 23.7. The van der Waals surface area contributed by atoms with E-state index >= 15 is 0 Å². The molecule has 0 aliphatic heterocycles. The van der Waals surface area contributed by atoms with Crippen LogP contribution in [0.3, 0.4) is 0 Å². The summed E-state index contributed by atoms with van der Waals surface area (Å²) in [7, 11) is 0. The van der Waals surface area contributed by atoms with Gasteiger partial charge in [-0.05, 0) is 30.4 Å². The topological polar surface area (TPSA) is 24.9 Å². The zero-order chi connectivity index (χ0) is 12.5. The van der Waals surface area contributed by atoms with Gasteiger partial charge in [0.15, 0.2) is 5.13 Å². The Balaban J connectivity index is 1.73. The number of benzene rings is 1. The fourth-order valence-corrected chi connectivity index (χ4v) is 3.90. The number of nitrogens with one attached hydrogen (secondary N) is 1. The average Bonchev–Trinajstić information content (AvgIpc) is 2.93. The van der Waals surface area contributed by atoms with E-state index in [-0.39, 0.29) is 0 Å². The van der Waals surface area contributed by atoms with Crippen LogP contribution in [0.2, 0.25) is 5.02 Å². The van der Waals surface area contributed by atoms with Crippen LogP contribution in [0.25, 0.3) is 10.2 Å². The Kier molecular flexibility index (Phi) is 3.44. The van der Waals surface area contributed by atoms with Gasteiger partial charge in [-0.15, -0.1) is 0 Å². The number of anilines is 1. The number of nitrogens with zero attached hydrogens (tertiary/aromatic N) is 1. The van der Waals surface area contributed by atoms with Gasteiger partial charge >= 0.3 is 0 Å². The zero-order valence-corrected chi connectivity index (χ0v) is 12.0. The predicted octanol–water partition coefficient (Wildman–Crippen LogP) is 4.80. The van der Waals surface area contributed by atoms with Crippen LogP contribution >= 0.6 is 22.9 Å². The van der Waals surface area contributed by atoms with Crippen LogP contribution in [0.5, 0.6) is 0 Å². The first-order chi connectivity index (χ1) is 8.74. The Bertz CT molecular complexity index is 552. The molecule has 1 N–H and O–H groups in total. The van der Waals surface area contributed by atoms with Crippen molar-refractivity contribution in [1.82, 2.24) is 4.98 Å². The molecule has 4 heteroatoms. The predicted molar refractivity (Wildman–Crippen MR) is 79.6 cm³/mol. The van der Waals surface area contributed by atoms with Gasteiger partial charge in [0.1, 0.15) is 0 Å². The lowest BCUT2D eigenvalue weighted by molar-refractivity contribution is 0.439. The van der Waals surface area contributed by atoms with Gasteiger partial charge < -0.3 is 5.32 Å². The summed E-state index contributed by atoms with van der Waals surface area (Å²) in [5.41, 5.74) is 0.995. The number of hydrogen-bond acceptors (Lipinski definition) is 3. The number of rotatable bonds is 3. The van der Waals surface area contributed by atoms with Crippen LogP contribution in [-0.2, 0) is 0 Å². The fraction of sp³-hybridized carbons (Fsp3) is 0.500. The van der Waals surface area contributed by atoms with Crippen molar-refractivity contribution < 1.29 is 0 Å². The summed E-state index contributed by atoms with van der Waals surface area (Å²) in [5, 5.41) is 5.28. The Morgan fingerprint density at radius 1 is 1.44 bits per heavy atom. The van der Waals surface area contributed by atoms with Gasteiger partial charge in [-0.1, -0.05) is 48.8 Å². The van der Waals surface area contributed by atoms with E-state index in [4.69, 9.17) is 11.6 Å². The highest BCUT2D eigenvalue weighted by atomic mass is 35.5. The molecule has 1 aliphatic rings. The number of thiazole rings is 1. The van der Waals surface area contributed by atoms with E-state index < -0.39 is 0 Å². The van der Waals surface area contributed by atoms with Gasteiger partial charge in [0.25, 0.3) is 0 Å². The Hall–Kier alpha value is -0.800. The minimum absolute atomic E-state index is 0.798. The highest BCUT2D eigenvalue weighted by Gasteiger charge is 2.23. The molecule has 1 heterocycles. The lowest BCUT2D eigenvalue weighted by Gasteiger charge is -2.15. The number of halogens is 1. The third-order valence-corrected chi connectivity index (χ3v) is 5.41. The van der Waals surface area contributed by atoms with Crippen molar-refractivity contribution in [2.45, 2.75) is 26.2 Å². The molecule has 3 rings (SSSR count). The molecule has 1 aromatic carbocycles. The summed E-state index contributed by atoms with van der Waals surface area (Å²) in [6.45, 7) is 3.40. The standard InChI is InChI=1S/C14H17ClN2S/c1-9-4-2-5-10(9)8-16-14-17-12-7-3-6-11(15)13(12)18-14/h3,6-7,9-10H,2,4-5,8H2,1H3,(H,16,17). The van der Waals surface area contributed by atoms with E-state index in [1.807, 2.05) is 18.2 Å². The maximum Gasteiger partial charge on any atom is 0.183 e. The number of fused-ring (bicyclic) bond motifs is 1. The molecule has 1 fully saturated rings. The van der Waals surface area contributed by atoms with E-state index in [9.17, 15) is 0 Å². The Labute approximate surface area is 116 Å². The summed E-state index contributed by atoms with van der Waals surface area (Å²) in [6.07, 6.45) is 4.09. The average molecular weight is 281 g/mol. The first kappa shape index (κ1) is 12.2. The first-order valence-electron chi connectivity index (χ1n) is 6.53. The van der Waals surface area contributed by atoms with Crippen molar-refractivity contribution in [3.05, 3.63) is 23.2 Å². The molecule has 2 unspecified atom stereocenters. The van der Waals surface area contributed by atoms with Crippen LogP contribution in [0.15, 0.2) is 18.2 Å². The SMILES string of the molecule is CC1CCCC1CNc1nc2cccc(Cl)c2s1. The van der Waals surface area contributed by atoms with Crippen molar-refractivity contribution in [3.63, 3.8) is 0 Å². The fourth-order valence-electron chi connectivity index (χ4n) is 2.73. The molecular formula is C14H17ClN2S. The van der Waals surface area contributed by atoms with Gasteiger partial charge in [-0.3, -0.25) is 0 Å². The summed E-state index contributed by atoms with van der Waals surface area (Å²) >= 11 is 7.82. The van der Waals surface area contributed by atoms with Gasteiger partial charge in [0.05, 0.1) is 15.2 Å². The van der Waals surface area contributed by atoms with E-state index in [0.29, 0.717) is 0 Å². The lowest BCUT2D eigenvalue weighted by atomic mass is 9.98. The van der Waals surface area contributed by atoms with E-state index in [0.717, 1.165) is 38.8 Å². The molecule has 18 heavy (non-hydrogen) atoms. The van der Waals surface area contributed by atoms with Crippen LogP contribution in [0.4, 0.5) is 5.13 Å². The van der Waals surface area contributed by atoms with Crippen LogP contribution in [0, 0.1) is 11.8 Å². The van der Waals surface area contributed by atoms with Gasteiger partial charge in [-0.2, -0.15) is 0 Å². The van der Waals surface area contributed by atoms with Crippen LogP contribution < -0.4 is 5.32 Å². The monoisotopic (exact) mass is 280 g/mol. The van der Waals surface area contributed by atoms with Crippen LogP contribution in [0.1, 0.15) is 26.2 Å². The third kappa shape index (κ3) is 2.34. The summed E-state index contributed by atoms with van der Waals surface area (Å²) < 4.78 is 1.08. The van der Waals surface area contributed by atoms with E-state index in [1.165, 1.54) is 19.3 Å². The minimum atomic E-state index is 0.798. The maximum absolute atomic E-state index is 6.16. The van der Waals surface area contributed by atoms with Crippen molar-refractivity contribution in [2.24, 2.45) is 11.8 Å². The molecular weight excluding hydrogens is 264 g/mol. The second kappa shape index (κ2) is 5.06. The Morgan fingerprint density at radius 3 is 3.06 bits per heavy atom. The highest BCUT2D eigenvalue weighted by molar-refractivity contribution is 7.22. The highest BCUT2D eigenvalue weighted by Crippen LogP contribution is 2.34. The second-order valence-corrected chi connectivity index (χ2v) is 6.56. The van der Waals surface area contributed by atoms with E-state index in [2.05, 4.69) is 17.2 Å². The van der Waals surface area contributed by atoms with Crippen molar-refractivity contribution >= 4 is 38.3 Å². The minimum Gasteiger partial charge on any atom is -0.361 e. The Morgan fingerprint density at radius 2 is 2.33 bits per heavy atom. The molecule has 0 radical (unpaired) electrons.